The minimum Gasteiger partial charge on any atom is -0.445 e. The maximum atomic E-state index is 12.5. The van der Waals surface area contributed by atoms with Crippen LogP contribution < -0.4 is 56.8 Å². The summed E-state index contributed by atoms with van der Waals surface area (Å²) in [4.78, 5) is 0. The second-order valence-corrected chi connectivity index (χ2v) is 3.71. The van der Waals surface area contributed by atoms with Crippen LogP contribution in [0.15, 0.2) is 28.7 Å². The van der Waals surface area contributed by atoms with Crippen molar-refractivity contribution >= 4 is 12.4 Å². The molecule has 0 aliphatic carbocycles. The molecule has 3 nitrogen and oxygen atoms in total. The van der Waals surface area contributed by atoms with Crippen molar-refractivity contribution in [1.29, 1.82) is 0 Å². The van der Waals surface area contributed by atoms with Gasteiger partial charge in [-0.05, 0) is 5.56 Å². The molecule has 1 aromatic carbocycles. The first-order valence-corrected chi connectivity index (χ1v) is 5.03. The maximum Gasteiger partial charge on any atom is 1.00 e. The Kier molecular flexibility index (Phi) is 5.60. The number of aryl methyl sites for hydroxylation is 1. The van der Waals surface area contributed by atoms with Crippen molar-refractivity contribution < 1.29 is 68.7 Å². The van der Waals surface area contributed by atoms with Crippen LogP contribution in [0, 0.1) is 6.92 Å². The number of benzene rings is 1. The number of hydrogen-bond acceptors (Lipinski definition) is 3. The molecule has 0 aliphatic rings. The van der Waals surface area contributed by atoms with E-state index in [1.165, 1.54) is 6.07 Å². The minimum absolute atomic E-state index is 0. The van der Waals surface area contributed by atoms with Gasteiger partial charge in [0.1, 0.15) is 0 Å². The molecule has 1 heterocycles. The molecule has 0 saturated heterocycles. The second kappa shape index (κ2) is 6.34. The minimum atomic E-state index is -4.97. The zero-order valence-corrected chi connectivity index (χ0v) is 13.2. The summed E-state index contributed by atoms with van der Waals surface area (Å²) in [5, 5.41) is 7.36. The van der Waals surface area contributed by atoms with Gasteiger partial charge in [-0.2, -0.15) is 0 Å². The van der Waals surface area contributed by atoms with Crippen LogP contribution in [0.4, 0.5) is 12.9 Å². The number of halogens is 3. The van der Waals surface area contributed by atoms with Crippen LogP contribution in [0.2, 0.25) is 0 Å². The van der Waals surface area contributed by atoms with Gasteiger partial charge in [0, 0.05) is 6.92 Å². The zero-order chi connectivity index (χ0) is 12.5. The van der Waals surface area contributed by atoms with Gasteiger partial charge in [0.05, 0.1) is 6.42 Å². The number of rotatable bonds is 3. The Labute approximate surface area is 145 Å². The Hall–Kier alpha value is -0.149. The van der Waals surface area contributed by atoms with Crippen molar-refractivity contribution in [2.75, 3.05) is 0 Å². The van der Waals surface area contributed by atoms with Crippen molar-refractivity contribution in [3.63, 3.8) is 0 Å². The van der Waals surface area contributed by atoms with Crippen molar-refractivity contribution in [3.05, 3.63) is 41.6 Å². The molecular formula is C10H9BF3KN2O. The Balaban J connectivity index is 0.00000162. The van der Waals surface area contributed by atoms with E-state index in [2.05, 4.69) is 10.2 Å². The summed E-state index contributed by atoms with van der Waals surface area (Å²) < 4.78 is 42.7. The van der Waals surface area contributed by atoms with Gasteiger partial charge in [-0.15, -0.1) is 15.7 Å². The fraction of sp³-hybridized carbons (Fsp3) is 0.200. The molecule has 2 aromatic rings. The first kappa shape index (κ1) is 15.9. The van der Waals surface area contributed by atoms with E-state index < -0.39 is 12.4 Å². The Bertz CT molecular complexity index is 530. The summed E-state index contributed by atoms with van der Waals surface area (Å²) >= 11 is 0. The molecule has 2 rings (SSSR count). The van der Waals surface area contributed by atoms with Gasteiger partial charge >= 0.3 is 58.4 Å². The van der Waals surface area contributed by atoms with Crippen LogP contribution in [-0.4, -0.2) is 17.2 Å². The molecule has 0 spiro atoms. The number of nitrogens with zero attached hydrogens (tertiary/aromatic N) is 2. The van der Waals surface area contributed by atoms with E-state index in [1.54, 1.807) is 13.0 Å². The quantitative estimate of drug-likeness (QED) is 0.679. The third kappa shape index (κ3) is 4.20. The topological polar surface area (TPSA) is 38.9 Å². The smallest absolute Gasteiger partial charge is 0.445 e. The van der Waals surface area contributed by atoms with E-state index in [0.717, 1.165) is 12.1 Å². The van der Waals surface area contributed by atoms with E-state index in [-0.39, 0.29) is 57.8 Å². The van der Waals surface area contributed by atoms with Gasteiger partial charge in [-0.25, -0.2) is 0 Å². The molecule has 0 aliphatic heterocycles. The van der Waals surface area contributed by atoms with Crippen LogP contribution in [0.5, 0.6) is 0 Å². The summed E-state index contributed by atoms with van der Waals surface area (Å²) in [5.41, 5.74) is -0.107. The second-order valence-electron chi connectivity index (χ2n) is 3.71. The molecule has 0 saturated carbocycles. The van der Waals surface area contributed by atoms with Crippen molar-refractivity contribution in [1.82, 2.24) is 10.2 Å². The van der Waals surface area contributed by atoms with Gasteiger partial charge in [0.25, 0.3) is 0 Å². The first-order valence-electron chi connectivity index (χ1n) is 5.03. The predicted molar refractivity (Wildman–Crippen MR) is 57.0 cm³/mol. The molecule has 0 atom stereocenters. The van der Waals surface area contributed by atoms with Crippen molar-refractivity contribution in [3.8, 4) is 0 Å². The normalized spacial score (nSPS) is 11.1. The van der Waals surface area contributed by atoms with E-state index in [0.29, 0.717) is 17.3 Å². The zero-order valence-electron chi connectivity index (χ0n) is 10.0. The van der Waals surface area contributed by atoms with Crippen LogP contribution in [0.1, 0.15) is 17.3 Å². The van der Waals surface area contributed by atoms with E-state index >= 15 is 0 Å². The standard InChI is InChI=1S/C10H9BF3N2O.K/c1-7-15-16-10(17-7)6-8-3-2-4-9(5-8)11(12,13)14;/h2-5H,6H2,1H3;/q-1;+1. The summed E-state index contributed by atoms with van der Waals surface area (Å²) in [7, 11) is 0. The molecule has 18 heavy (non-hydrogen) atoms. The average molecular weight is 280 g/mol. The largest absolute Gasteiger partial charge is 1.00 e. The van der Waals surface area contributed by atoms with Crippen molar-refractivity contribution in [2.45, 2.75) is 13.3 Å². The van der Waals surface area contributed by atoms with Gasteiger partial charge in [0.15, 0.2) is 0 Å². The summed E-state index contributed by atoms with van der Waals surface area (Å²) in [6.45, 7) is -3.34. The fourth-order valence-electron chi connectivity index (χ4n) is 1.49. The molecule has 1 aromatic heterocycles. The van der Waals surface area contributed by atoms with E-state index in [1.807, 2.05) is 0 Å². The molecule has 0 radical (unpaired) electrons. The Morgan fingerprint density at radius 1 is 1.22 bits per heavy atom. The Morgan fingerprint density at radius 3 is 2.50 bits per heavy atom. The maximum absolute atomic E-state index is 12.5. The molecule has 0 fully saturated rings. The summed E-state index contributed by atoms with van der Waals surface area (Å²) in [5.74, 6) is 0.713. The van der Waals surface area contributed by atoms with Gasteiger partial charge < -0.3 is 17.4 Å². The monoisotopic (exact) mass is 280 g/mol. The van der Waals surface area contributed by atoms with Gasteiger partial charge in [-0.3, -0.25) is 0 Å². The molecule has 0 N–H and O–H groups in total. The fourth-order valence-corrected chi connectivity index (χ4v) is 1.49. The third-order valence-electron chi connectivity index (χ3n) is 2.25. The average Bonchev–Trinajstić information content (AvgIpc) is 2.63. The molecule has 8 heteroatoms. The SMILES string of the molecule is Cc1nnc(Cc2cccc([B-](F)(F)F)c2)o1.[K+]. The molecule has 0 bridgehead atoms. The van der Waals surface area contributed by atoms with Crippen LogP contribution >= 0.6 is 0 Å². The third-order valence-corrected chi connectivity index (χ3v) is 2.25. The van der Waals surface area contributed by atoms with E-state index in [4.69, 9.17) is 4.42 Å². The molecule has 90 valence electrons. The van der Waals surface area contributed by atoms with Crippen LogP contribution in [-0.2, 0) is 6.42 Å². The number of hydrogen-bond donors (Lipinski definition) is 0. The first-order chi connectivity index (χ1) is 7.95. The predicted octanol–water partition coefficient (Wildman–Crippen LogP) is -0.973. The van der Waals surface area contributed by atoms with Gasteiger partial charge in [0.2, 0.25) is 11.8 Å². The molecule has 0 unspecified atom stereocenters. The molecule has 0 amide bonds. The van der Waals surface area contributed by atoms with E-state index in [9.17, 15) is 12.9 Å². The van der Waals surface area contributed by atoms with Crippen LogP contribution in [0.25, 0.3) is 0 Å². The van der Waals surface area contributed by atoms with Gasteiger partial charge in [-0.1, -0.05) is 24.3 Å². The molecular weight excluding hydrogens is 271 g/mol. The Morgan fingerprint density at radius 2 is 1.94 bits per heavy atom. The summed E-state index contributed by atoms with van der Waals surface area (Å²) in [6.07, 6.45) is 0.209. The summed E-state index contributed by atoms with van der Waals surface area (Å²) in [6, 6.07) is 5.15. The number of aromatic nitrogens is 2. The van der Waals surface area contributed by atoms with Crippen molar-refractivity contribution in [2.24, 2.45) is 0 Å². The van der Waals surface area contributed by atoms with Crippen LogP contribution in [0.3, 0.4) is 0 Å².